The number of carbonyl (C=O) groups excluding carboxylic acids is 1. The SMILES string of the molecule is Cc1cccc(CC(=O)C2(C)CCNCC2)c1. The third kappa shape index (κ3) is 2.95. The summed E-state index contributed by atoms with van der Waals surface area (Å²) in [7, 11) is 0. The van der Waals surface area contributed by atoms with Gasteiger partial charge in [0.15, 0.2) is 0 Å². The zero-order chi connectivity index (χ0) is 12.3. The standard InChI is InChI=1S/C15H21NO/c1-12-4-3-5-13(10-12)11-14(17)15(2)6-8-16-9-7-15/h3-5,10,16H,6-9,11H2,1-2H3. The van der Waals surface area contributed by atoms with Gasteiger partial charge in [0.1, 0.15) is 5.78 Å². The van der Waals surface area contributed by atoms with Crippen LogP contribution in [-0.4, -0.2) is 18.9 Å². The van der Waals surface area contributed by atoms with Crippen LogP contribution >= 0.6 is 0 Å². The Morgan fingerprint density at radius 3 is 2.71 bits per heavy atom. The van der Waals surface area contributed by atoms with Gasteiger partial charge in [-0.25, -0.2) is 0 Å². The highest BCUT2D eigenvalue weighted by molar-refractivity contribution is 5.86. The summed E-state index contributed by atoms with van der Waals surface area (Å²) in [6.45, 7) is 6.12. The van der Waals surface area contributed by atoms with E-state index in [0.29, 0.717) is 12.2 Å². The second-order valence-electron chi connectivity index (χ2n) is 5.40. The van der Waals surface area contributed by atoms with Gasteiger partial charge < -0.3 is 5.32 Å². The average molecular weight is 231 g/mol. The molecule has 1 fully saturated rings. The second-order valence-corrected chi connectivity index (χ2v) is 5.40. The third-order valence-electron chi connectivity index (χ3n) is 3.83. The molecule has 1 heterocycles. The fourth-order valence-electron chi connectivity index (χ4n) is 2.48. The number of aryl methyl sites for hydroxylation is 1. The maximum atomic E-state index is 12.4. The van der Waals surface area contributed by atoms with Crippen molar-refractivity contribution in [2.24, 2.45) is 5.41 Å². The summed E-state index contributed by atoms with van der Waals surface area (Å²) in [4.78, 5) is 12.4. The fourth-order valence-corrected chi connectivity index (χ4v) is 2.48. The first kappa shape index (κ1) is 12.3. The number of hydrogen-bond donors (Lipinski definition) is 1. The number of carbonyl (C=O) groups is 1. The Morgan fingerprint density at radius 1 is 1.35 bits per heavy atom. The van der Waals surface area contributed by atoms with E-state index in [0.717, 1.165) is 31.5 Å². The number of piperidine rings is 1. The number of nitrogens with one attached hydrogen (secondary N) is 1. The molecule has 1 aliphatic rings. The van der Waals surface area contributed by atoms with Crippen molar-refractivity contribution >= 4 is 5.78 Å². The van der Waals surface area contributed by atoms with Gasteiger partial charge in [0.05, 0.1) is 0 Å². The van der Waals surface area contributed by atoms with E-state index in [1.807, 2.05) is 6.07 Å². The van der Waals surface area contributed by atoms with E-state index in [1.165, 1.54) is 5.56 Å². The van der Waals surface area contributed by atoms with Crippen LogP contribution in [0.5, 0.6) is 0 Å². The first-order valence-corrected chi connectivity index (χ1v) is 6.40. The van der Waals surface area contributed by atoms with Gasteiger partial charge in [-0.05, 0) is 38.4 Å². The highest BCUT2D eigenvalue weighted by Crippen LogP contribution is 2.30. The molecule has 0 atom stereocenters. The van der Waals surface area contributed by atoms with E-state index in [-0.39, 0.29) is 5.41 Å². The van der Waals surface area contributed by atoms with Gasteiger partial charge in [-0.2, -0.15) is 0 Å². The van der Waals surface area contributed by atoms with Gasteiger partial charge in [0, 0.05) is 11.8 Å². The Morgan fingerprint density at radius 2 is 2.06 bits per heavy atom. The van der Waals surface area contributed by atoms with Crippen molar-refractivity contribution in [2.45, 2.75) is 33.1 Å². The summed E-state index contributed by atoms with van der Waals surface area (Å²) in [5, 5.41) is 3.32. The summed E-state index contributed by atoms with van der Waals surface area (Å²) < 4.78 is 0. The second kappa shape index (κ2) is 5.01. The molecule has 1 aliphatic heterocycles. The first-order valence-electron chi connectivity index (χ1n) is 6.40. The van der Waals surface area contributed by atoms with Crippen LogP contribution in [0.4, 0.5) is 0 Å². The predicted molar refractivity (Wildman–Crippen MR) is 70.1 cm³/mol. The van der Waals surface area contributed by atoms with Crippen LogP contribution in [0.15, 0.2) is 24.3 Å². The average Bonchev–Trinajstić information content (AvgIpc) is 2.30. The largest absolute Gasteiger partial charge is 0.317 e. The van der Waals surface area contributed by atoms with Gasteiger partial charge in [-0.3, -0.25) is 4.79 Å². The van der Waals surface area contributed by atoms with Crippen molar-refractivity contribution < 1.29 is 4.79 Å². The molecule has 0 spiro atoms. The molecule has 1 aromatic rings. The Bertz CT molecular complexity index is 405. The lowest BCUT2D eigenvalue weighted by Crippen LogP contribution is -2.40. The summed E-state index contributed by atoms with van der Waals surface area (Å²) in [6.07, 6.45) is 2.52. The molecule has 0 saturated carbocycles. The van der Waals surface area contributed by atoms with E-state index in [2.05, 4.69) is 37.4 Å². The number of benzene rings is 1. The van der Waals surface area contributed by atoms with Crippen LogP contribution in [0, 0.1) is 12.3 Å². The lowest BCUT2D eigenvalue weighted by Gasteiger charge is -2.32. The lowest BCUT2D eigenvalue weighted by atomic mass is 9.75. The zero-order valence-corrected chi connectivity index (χ0v) is 10.8. The molecular weight excluding hydrogens is 210 g/mol. The molecular formula is C15H21NO. The smallest absolute Gasteiger partial charge is 0.143 e. The topological polar surface area (TPSA) is 29.1 Å². The van der Waals surface area contributed by atoms with Crippen molar-refractivity contribution in [3.63, 3.8) is 0 Å². The Hall–Kier alpha value is -1.15. The van der Waals surface area contributed by atoms with Crippen molar-refractivity contribution in [3.05, 3.63) is 35.4 Å². The maximum Gasteiger partial charge on any atom is 0.143 e. The number of ketones is 1. The third-order valence-corrected chi connectivity index (χ3v) is 3.83. The molecule has 2 heteroatoms. The summed E-state index contributed by atoms with van der Waals surface area (Å²) in [5.74, 6) is 0.393. The van der Waals surface area contributed by atoms with E-state index >= 15 is 0 Å². The maximum absolute atomic E-state index is 12.4. The highest BCUT2D eigenvalue weighted by Gasteiger charge is 2.33. The van der Waals surface area contributed by atoms with Gasteiger partial charge >= 0.3 is 0 Å². The Labute approximate surface area is 103 Å². The number of rotatable bonds is 3. The molecule has 1 N–H and O–H groups in total. The van der Waals surface area contributed by atoms with Crippen LogP contribution in [0.1, 0.15) is 30.9 Å². The number of Topliss-reactive ketones (excluding diaryl/α,β-unsaturated/α-hetero) is 1. The minimum Gasteiger partial charge on any atom is -0.317 e. The summed E-state index contributed by atoms with van der Waals surface area (Å²) in [5.41, 5.74) is 2.26. The molecule has 0 bridgehead atoms. The van der Waals surface area contributed by atoms with Crippen LogP contribution < -0.4 is 5.32 Å². The molecule has 92 valence electrons. The monoisotopic (exact) mass is 231 g/mol. The van der Waals surface area contributed by atoms with E-state index in [9.17, 15) is 4.79 Å². The van der Waals surface area contributed by atoms with E-state index in [1.54, 1.807) is 0 Å². The Kier molecular flexibility index (Phi) is 3.63. The van der Waals surface area contributed by atoms with Gasteiger partial charge in [0.2, 0.25) is 0 Å². The molecule has 0 unspecified atom stereocenters. The normalized spacial score (nSPS) is 18.9. The minimum absolute atomic E-state index is 0.116. The first-order chi connectivity index (χ1) is 8.10. The lowest BCUT2D eigenvalue weighted by molar-refractivity contribution is -0.128. The molecule has 0 aliphatic carbocycles. The quantitative estimate of drug-likeness (QED) is 0.866. The number of hydrogen-bond acceptors (Lipinski definition) is 2. The van der Waals surface area contributed by atoms with Gasteiger partial charge in [0.25, 0.3) is 0 Å². The van der Waals surface area contributed by atoms with Gasteiger partial charge in [-0.1, -0.05) is 36.8 Å². The van der Waals surface area contributed by atoms with E-state index in [4.69, 9.17) is 0 Å². The zero-order valence-electron chi connectivity index (χ0n) is 10.8. The molecule has 1 saturated heterocycles. The van der Waals surface area contributed by atoms with Crippen molar-refractivity contribution in [3.8, 4) is 0 Å². The van der Waals surface area contributed by atoms with Crippen LogP contribution in [0.3, 0.4) is 0 Å². The van der Waals surface area contributed by atoms with Crippen molar-refractivity contribution in [1.82, 2.24) is 5.32 Å². The molecule has 0 radical (unpaired) electrons. The van der Waals surface area contributed by atoms with Crippen LogP contribution in [-0.2, 0) is 11.2 Å². The van der Waals surface area contributed by atoms with Crippen LogP contribution in [0.25, 0.3) is 0 Å². The molecule has 2 rings (SSSR count). The van der Waals surface area contributed by atoms with Crippen molar-refractivity contribution in [2.75, 3.05) is 13.1 Å². The highest BCUT2D eigenvalue weighted by atomic mass is 16.1. The summed E-state index contributed by atoms with van der Waals surface area (Å²) >= 11 is 0. The molecule has 0 aromatic heterocycles. The minimum atomic E-state index is -0.116. The van der Waals surface area contributed by atoms with Crippen molar-refractivity contribution in [1.29, 1.82) is 0 Å². The molecule has 0 amide bonds. The molecule has 2 nitrogen and oxygen atoms in total. The molecule has 17 heavy (non-hydrogen) atoms. The summed E-state index contributed by atoms with van der Waals surface area (Å²) in [6, 6.07) is 8.26. The van der Waals surface area contributed by atoms with E-state index < -0.39 is 0 Å². The Balaban J connectivity index is 2.05. The van der Waals surface area contributed by atoms with Crippen LogP contribution in [0.2, 0.25) is 0 Å². The fraction of sp³-hybridized carbons (Fsp3) is 0.533. The predicted octanol–water partition coefficient (Wildman–Crippen LogP) is 2.50. The molecule has 1 aromatic carbocycles. The van der Waals surface area contributed by atoms with Gasteiger partial charge in [-0.15, -0.1) is 0 Å².